The minimum atomic E-state index is -2.89. The van der Waals surface area contributed by atoms with Gasteiger partial charge in [-0.25, -0.2) is 8.42 Å². The quantitative estimate of drug-likeness (QED) is 0.890. The molecule has 1 saturated heterocycles. The Kier molecular flexibility index (Phi) is 4.37. The van der Waals surface area contributed by atoms with Crippen LogP contribution in [0.1, 0.15) is 13.8 Å². The number of sulfone groups is 1. The van der Waals surface area contributed by atoms with Gasteiger partial charge in [0, 0.05) is 13.1 Å². The Morgan fingerprint density at radius 1 is 1.35 bits per heavy atom. The fraction of sp³-hybridized carbons (Fsp3) is 0.615. The zero-order chi connectivity index (χ0) is 14.8. The number of ether oxygens (including phenoxy) is 1. The van der Waals surface area contributed by atoms with E-state index in [-0.39, 0.29) is 11.5 Å². The fourth-order valence-electron chi connectivity index (χ4n) is 1.92. The summed E-state index contributed by atoms with van der Waals surface area (Å²) in [6.45, 7) is 5.58. The fourth-order valence-corrected chi connectivity index (χ4v) is 3.12. The molecule has 2 N–H and O–H groups in total. The molecule has 2 heterocycles. The summed E-state index contributed by atoms with van der Waals surface area (Å²) in [4.78, 5) is 6.35. The van der Waals surface area contributed by atoms with Crippen LogP contribution in [0.5, 0.6) is 5.88 Å². The van der Waals surface area contributed by atoms with Gasteiger partial charge in [0.1, 0.15) is 5.82 Å². The molecule has 20 heavy (non-hydrogen) atoms. The second-order valence-corrected chi connectivity index (χ2v) is 7.71. The van der Waals surface area contributed by atoms with E-state index in [1.165, 1.54) is 0 Å². The lowest BCUT2D eigenvalue weighted by molar-refractivity contribution is 0.263. The minimum Gasteiger partial charge on any atom is -0.476 e. The highest BCUT2D eigenvalue weighted by Crippen LogP contribution is 2.24. The summed E-state index contributed by atoms with van der Waals surface area (Å²) in [5, 5.41) is 0. The summed E-state index contributed by atoms with van der Waals surface area (Å²) in [5.41, 5.74) is 6.35. The van der Waals surface area contributed by atoms with Crippen LogP contribution in [-0.4, -0.2) is 44.6 Å². The van der Waals surface area contributed by atoms with Gasteiger partial charge in [-0.2, -0.15) is 4.98 Å². The average Bonchev–Trinajstić information content (AvgIpc) is 2.38. The maximum absolute atomic E-state index is 11.4. The third-order valence-corrected chi connectivity index (χ3v) is 4.71. The smallest absolute Gasteiger partial charge is 0.239 e. The van der Waals surface area contributed by atoms with Crippen molar-refractivity contribution in [1.29, 1.82) is 0 Å². The van der Waals surface area contributed by atoms with Crippen molar-refractivity contribution in [3.05, 3.63) is 12.1 Å². The minimum absolute atomic E-state index is 0.168. The van der Waals surface area contributed by atoms with Crippen LogP contribution in [-0.2, 0) is 9.84 Å². The van der Waals surface area contributed by atoms with Crippen LogP contribution in [0, 0.1) is 5.92 Å². The molecular formula is C13H21N3O3S. The molecular weight excluding hydrogens is 278 g/mol. The molecule has 7 heteroatoms. The van der Waals surface area contributed by atoms with Gasteiger partial charge in [0.2, 0.25) is 5.88 Å². The zero-order valence-electron chi connectivity index (χ0n) is 11.9. The van der Waals surface area contributed by atoms with Crippen molar-refractivity contribution in [2.45, 2.75) is 13.8 Å². The van der Waals surface area contributed by atoms with E-state index in [4.69, 9.17) is 10.5 Å². The van der Waals surface area contributed by atoms with Gasteiger partial charge in [0.15, 0.2) is 9.84 Å². The van der Waals surface area contributed by atoms with Crippen LogP contribution in [0.2, 0.25) is 0 Å². The molecule has 1 aromatic rings. The molecule has 0 amide bonds. The lowest BCUT2D eigenvalue weighted by Crippen LogP contribution is -2.40. The molecule has 0 aliphatic carbocycles. The first kappa shape index (κ1) is 14.9. The number of hydrogen-bond donors (Lipinski definition) is 1. The van der Waals surface area contributed by atoms with Crippen molar-refractivity contribution in [2.75, 3.05) is 41.8 Å². The van der Waals surface area contributed by atoms with Crippen molar-refractivity contribution < 1.29 is 13.2 Å². The lowest BCUT2D eigenvalue weighted by Gasteiger charge is -2.28. The number of nitrogen functional groups attached to an aromatic ring is 1. The monoisotopic (exact) mass is 299 g/mol. The van der Waals surface area contributed by atoms with Gasteiger partial charge in [0.25, 0.3) is 0 Å². The summed E-state index contributed by atoms with van der Waals surface area (Å²) in [7, 11) is -2.89. The molecule has 0 saturated carbocycles. The average molecular weight is 299 g/mol. The first-order valence-corrected chi connectivity index (χ1v) is 8.54. The Balaban J connectivity index is 2.11. The van der Waals surface area contributed by atoms with E-state index in [1.54, 1.807) is 12.1 Å². The van der Waals surface area contributed by atoms with Crippen molar-refractivity contribution >= 4 is 21.3 Å². The number of anilines is 2. The van der Waals surface area contributed by atoms with Crippen molar-refractivity contribution in [3.8, 4) is 5.88 Å². The second-order valence-electron chi connectivity index (χ2n) is 5.41. The van der Waals surface area contributed by atoms with Gasteiger partial charge in [-0.05, 0) is 18.1 Å². The maximum atomic E-state index is 11.4. The van der Waals surface area contributed by atoms with Crippen LogP contribution in [0.15, 0.2) is 12.1 Å². The van der Waals surface area contributed by atoms with Crippen molar-refractivity contribution in [2.24, 2.45) is 5.92 Å². The van der Waals surface area contributed by atoms with E-state index < -0.39 is 9.84 Å². The van der Waals surface area contributed by atoms with Gasteiger partial charge in [-0.15, -0.1) is 0 Å². The molecule has 0 atom stereocenters. The number of nitrogens with two attached hydrogens (primary N) is 1. The molecule has 1 aliphatic heterocycles. The Morgan fingerprint density at radius 3 is 2.60 bits per heavy atom. The van der Waals surface area contributed by atoms with Crippen LogP contribution in [0.25, 0.3) is 0 Å². The van der Waals surface area contributed by atoms with Crippen LogP contribution < -0.4 is 15.4 Å². The summed E-state index contributed by atoms with van der Waals surface area (Å²) >= 11 is 0. The topological polar surface area (TPSA) is 85.5 Å². The Bertz CT molecular complexity index is 558. The third-order valence-electron chi connectivity index (χ3n) is 3.10. The molecule has 0 unspecified atom stereocenters. The van der Waals surface area contributed by atoms with Gasteiger partial charge in [-0.1, -0.05) is 13.8 Å². The molecule has 1 fully saturated rings. The molecule has 2 rings (SSSR count). The van der Waals surface area contributed by atoms with E-state index in [9.17, 15) is 8.42 Å². The van der Waals surface area contributed by atoms with E-state index in [2.05, 4.69) is 18.8 Å². The molecule has 1 aliphatic rings. The zero-order valence-corrected chi connectivity index (χ0v) is 12.7. The largest absolute Gasteiger partial charge is 0.476 e. The van der Waals surface area contributed by atoms with Crippen molar-refractivity contribution in [3.63, 3.8) is 0 Å². The summed E-state index contributed by atoms with van der Waals surface area (Å²) in [5.74, 6) is 1.86. The van der Waals surface area contributed by atoms with E-state index in [1.807, 2.05) is 4.90 Å². The SMILES string of the molecule is CC(C)COc1nc(N2CCS(=O)(=O)CC2)ccc1N. The highest BCUT2D eigenvalue weighted by atomic mass is 32.2. The second kappa shape index (κ2) is 5.87. The maximum Gasteiger partial charge on any atom is 0.239 e. The Morgan fingerprint density at radius 2 is 2.00 bits per heavy atom. The van der Waals surface area contributed by atoms with E-state index >= 15 is 0 Å². The molecule has 0 radical (unpaired) electrons. The first-order valence-electron chi connectivity index (χ1n) is 6.72. The van der Waals surface area contributed by atoms with Gasteiger partial charge >= 0.3 is 0 Å². The predicted octanol–water partition coefficient (Wildman–Crippen LogP) is 0.933. The summed E-state index contributed by atoms with van der Waals surface area (Å²) in [6.07, 6.45) is 0. The number of pyridine rings is 1. The summed E-state index contributed by atoms with van der Waals surface area (Å²) in [6, 6.07) is 3.55. The number of nitrogens with zero attached hydrogens (tertiary/aromatic N) is 2. The standard InChI is InChI=1S/C13H21N3O3S/c1-10(2)9-19-13-11(14)3-4-12(15-13)16-5-7-20(17,18)8-6-16/h3-4,10H,5-9,14H2,1-2H3. The van der Waals surface area contributed by atoms with Crippen LogP contribution in [0.3, 0.4) is 0 Å². The van der Waals surface area contributed by atoms with Gasteiger partial charge in [-0.3, -0.25) is 0 Å². The highest BCUT2D eigenvalue weighted by Gasteiger charge is 2.23. The number of rotatable bonds is 4. The molecule has 1 aromatic heterocycles. The number of aromatic nitrogens is 1. The molecule has 6 nitrogen and oxygen atoms in total. The summed E-state index contributed by atoms with van der Waals surface area (Å²) < 4.78 is 28.5. The first-order chi connectivity index (χ1) is 9.37. The molecule has 0 aromatic carbocycles. The van der Waals surface area contributed by atoms with Crippen LogP contribution in [0.4, 0.5) is 11.5 Å². The van der Waals surface area contributed by atoms with E-state index in [0.717, 1.165) is 0 Å². The predicted molar refractivity (Wildman–Crippen MR) is 79.8 cm³/mol. The molecule has 0 bridgehead atoms. The van der Waals surface area contributed by atoms with E-state index in [0.29, 0.717) is 43.0 Å². The molecule has 0 spiro atoms. The normalized spacial score (nSPS) is 18.2. The van der Waals surface area contributed by atoms with Crippen molar-refractivity contribution in [1.82, 2.24) is 4.98 Å². The molecule has 112 valence electrons. The Hall–Kier alpha value is -1.50. The lowest BCUT2D eigenvalue weighted by atomic mass is 10.2. The van der Waals surface area contributed by atoms with Gasteiger partial charge in [0.05, 0.1) is 23.8 Å². The van der Waals surface area contributed by atoms with Gasteiger partial charge < -0.3 is 15.4 Å². The van der Waals surface area contributed by atoms with Crippen LogP contribution >= 0.6 is 0 Å². The third kappa shape index (κ3) is 3.75. The Labute approximate surface area is 119 Å². The number of hydrogen-bond acceptors (Lipinski definition) is 6. The highest BCUT2D eigenvalue weighted by molar-refractivity contribution is 7.91.